The van der Waals surface area contributed by atoms with Crippen LogP contribution in [0.4, 0.5) is 5.82 Å². The van der Waals surface area contributed by atoms with Gasteiger partial charge in [-0.25, -0.2) is 4.98 Å². The summed E-state index contributed by atoms with van der Waals surface area (Å²) < 4.78 is 0. The van der Waals surface area contributed by atoms with Crippen molar-refractivity contribution in [2.45, 2.75) is 26.7 Å². The molecule has 1 rings (SSSR count). The molecule has 2 nitrogen and oxygen atoms in total. The molecule has 0 fully saturated rings. The van der Waals surface area contributed by atoms with Gasteiger partial charge in [-0.3, -0.25) is 0 Å². The van der Waals surface area contributed by atoms with Crippen LogP contribution in [-0.2, 0) is 0 Å². The largest absolute Gasteiger partial charge is 0.373 e. The fourth-order valence-corrected chi connectivity index (χ4v) is 1.68. The Hall–Kier alpha value is -0.760. The lowest BCUT2D eigenvalue weighted by molar-refractivity contribution is 0.823. The average molecular weight is 199 g/mol. The van der Waals surface area contributed by atoms with E-state index in [1.807, 2.05) is 20.0 Å². The molecule has 1 aromatic rings. The van der Waals surface area contributed by atoms with Crippen molar-refractivity contribution < 1.29 is 0 Å². The van der Waals surface area contributed by atoms with E-state index in [1.165, 1.54) is 0 Å². The van der Waals surface area contributed by atoms with E-state index in [9.17, 15) is 0 Å². The molecule has 1 N–H and O–H groups in total. The molecule has 0 saturated heterocycles. The van der Waals surface area contributed by atoms with Gasteiger partial charge in [-0.1, -0.05) is 25.4 Å². The Balaban J connectivity index is 3.22. The van der Waals surface area contributed by atoms with Gasteiger partial charge >= 0.3 is 0 Å². The summed E-state index contributed by atoms with van der Waals surface area (Å²) in [4.78, 5) is 4.45. The zero-order valence-corrected chi connectivity index (χ0v) is 9.24. The third kappa shape index (κ3) is 2.13. The molecule has 0 radical (unpaired) electrons. The van der Waals surface area contributed by atoms with Gasteiger partial charge in [-0.15, -0.1) is 0 Å². The standard InChI is InChI=1S/C10H15ClN2/c1-6(2)9-8(11)5-7(3)10(12-4)13-9/h5-6H,1-4H3,(H,12,13). The van der Waals surface area contributed by atoms with Crippen molar-refractivity contribution in [3.05, 3.63) is 22.3 Å². The van der Waals surface area contributed by atoms with Gasteiger partial charge in [0.15, 0.2) is 0 Å². The highest BCUT2D eigenvalue weighted by atomic mass is 35.5. The number of hydrogen-bond donors (Lipinski definition) is 1. The predicted octanol–water partition coefficient (Wildman–Crippen LogP) is 3.21. The molecule has 0 aliphatic heterocycles. The smallest absolute Gasteiger partial charge is 0.129 e. The quantitative estimate of drug-likeness (QED) is 0.790. The van der Waals surface area contributed by atoms with Crippen LogP contribution in [-0.4, -0.2) is 12.0 Å². The van der Waals surface area contributed by atoms with Crippen molar-refractivity contribution in [2.75, 3.05) is 12.4 Å². The van der Waals surface area contributed by atoms with Gasteiger partial charge in [-0.05, 0) is 24.5 Å². The second-order valence-corrected chi connectivity index (χ2v) is 3.83. The molecule has 0 aliphatic rings. The summed E-state index contributed by atoms with van der Waals surface area (Å²) >= 11 is 6.06. The Kier molecular flexibility index (Phi) is 3.15. The van der Waals surface area contributed by atoms with Crippen LogP contribution in [0.3, 0.4) is 0 Å². The van der Waals surface area contributed by atoms with Gasteiger partial charge in [0, 0.05) is 7.05 Å². The zero-order chi connectivity index (χ0) is 10.0. The SMILES string of the molecule is CNc1nc(C(C)C)c(Cl)cc1C. The molecule has 0 spiro atoms. The van der Waals surface area contributed by atoms with Crippen LogP contribution in [0.15, 0.2) is 6.07 Å². The van der Waals surface area contributed by atoms with E-state index in [-0.39, 0.29) is 0 Å². The van der Waals surface area contributed by atoms with Crippen LogP contribution in [0.25, 0.3) is 0 Å². The number of aryl methyl sites for hydroxylation is 1. The molecule has 72 valence electrons. The molecule has 0 saturated carbocycles. The van der Waals surface area contributed by atoms with Crippen LogP contribution >= 0.6 is 11.6 Å². The van der Waals surface area contributed by atoms with Crippen LogP contribution < -0.4 is 5.32 Å². The minimum absolute atomic E-state index is 0.361. The number of anilines is 1. The Bertz CT molecular complexity index is 308. The molecule has 1 heterocycles. The summed E-state index contributed by atoms with van der Waals surface area (Å²) in [5.74, 6) is 1.27. The minimum Gasteiger partial charge on any atom is -0.373 e. The van der Waals surface area contributed by atoms with E-state index >= 15 is 0 Å². The van der Waals surface area contributed by atoms with Gasteiger partial charge in [-0.2, -0.15) is 0 Å². The molecule has 0 aliphatic carbocycles. The first-order valence-electron chi connectivity index (χ1n) is 4.41. The number of rotatable bonds is 2. The molecule has 3 heteroatoms. The zero-order valence-electron chi connectivity index (χ0n) is 8.48. The van der Waals surface area contributed by atoms with Crippen LogP contribution in [0.5, 0.6) is 0 Å². The first-order valence-corrected chi connectivity index (χ1v) is 4.78. The van der Waals surface area contributed by atoms with Crippen molar-refractivity contribution in [3.8, 4) is 0 Å². The van der Waals surface area contributed by atoms with E-state index in [0.29, 0.717) is 5.92 Å². The van der Waals surface area contributed by atoms with Gasteiger partial charge in [0.2, 0.25) is 0 Å². The maximum Gasteiger partial charge on any atom is 0.129 e. The van der Waals surface area contributed by atoms with Crippen molar-refractivity contribution >= 4 is 17.4 Å². The highest BCUT2D eigenvalue weighted by Gasteiger charge is 2.09. The number of pyridine rings is 1. The lowest BCUT2D eigenvalue weighted by atomic mass is 10.1. The summed E-state index contributed by atoms with van der Waals surface area (Å²) in [6, 6.07) is 1.95. The Labute approximate surface area is 84.3 Å². The normalized spacial score (nSPS) is 10.6. The Morgan fingerprint density at radius 2 is 2.08 bits per heavy atom. The van der Waals surface area contributed by atoms with Crippen molar-refractivity contribution in [3.63, 3.8) is 0 Å². The van der Waals surface area contributed by atoms with Gasteiger partial charge in [0.1, 0.15) is 5.82 Å². The molecule has 13 heavy (non-hydrogen) atoms. The van der Waals surface area contributed by atoms with E-state index < -0.39 is 0 Å². The third-order valence-corrected chi connectivity index (χ3v) is 2.28. The molecule has 0 atom stereocenters. The number of halogens is 1. The molecule has 0 unspecified atom stereocenters. The number of hydrogen-bond acceptors (Lipinski definition) is 2. The molecular formula is C10H15ClN2. The summed E-state index contributed by atoms with van der Waals surface area (Å²) in [5, 5.41) is 3.80. The predicted molar refractivity (Wildman–Crippen MR) is 57.6 cm³/mol. The second-order valence-electron chi connectivity index (χ2n) is 3.43. The van der Waals surface area contributed by atoms with Gasteiger partial charge in [0.05, 0.1) is 10.7 Å². The van der Waals surface area contributed by atoms with E-state index in [2.05, 4.69) is 24.1 Å². The van der Waals surface area contributed by atoms with Gasteiger partial charge < -0.3 is 5.32 Å². The maximum atomic E-state index is 6.06. The fraction of sp³-hybridized carbons (Fsp3) is 0.500. The number of aromatic nitrogens is 1. The van der Waals surface area contributed by atoms with Crippen LogP contribution in [0.2, 0.25) is 5.02 Å². The third-order valence-electron chi connectivity index (χ3n) is 1.98. The summed E-state index contributed by atoms with van der Waals surface area (Å²) in [6.45, 7) is 6.17. The summed E-state index contributed by atoms with van der Waals surface area (Å²) in [6.07, 6.45) is 0. The second kappa shape index (κ2) is 3.97. The number of nitrogens with zero attached hydrogens (tertiary/aromatic N) is 1. The molecule has 1 aromatic heterocycles. The molecule has 0 amide bonds. The van der Waals surface area contributed by atoms with Crippen LogP contribution in [0, 0.1) is 6.92 Å². The van der Waals surface area contributed by atoms with Gasteiger partial charge in [0.25, 0.3) is 0 Å². The molecular weight excluding hydrogens is 184 g/mol. The monoisotopic (exact) mass is 198 g/mol. The Morgan fingerprint density at radius 1 is 1.46 bits per heavy atom. The fourth-order valence-electron chi connectivity index (χ4n) is 1.25. The van der Waals surface area contributed by atoms with E-state index in [0.717, 1.165) is 22.1 Å². The van der Waals surface area contributed by atoms with Crippen molar-refractivity contribution in [2.24, 2.45) is 0 Å². The lowest BCUT2D eigenvalue weighted by Crippen LogP contribution is -2.01. The van der Waals surface area contributed by atoms with E-state index in [1.54, 1.807) is 0 Å². The highest BCUT2D eigenvalue weighted by Crippen LogP contribution is 2.26. The Morgan fingerprint density at radius 3 is 2.54 bits per heavy atom. The lowest BCUT2D eigenvalue weighted by Gasteiger charge is -2.11. The molecule has 0 aromatic carbocycles. The highest BCUT2D eigenvalue weighted by molar-refractivity contribution is 6.31. The number of nitrogens with one attached hydrogen (secondary N) is 1. The minimum atomic E-state index is 0.361. The summed E-state index contributed by atoms with van der Waals surface area (Å²) in [7, 11) is 1.87. The van der Waals surface area contributed by atoms with Crippen molar-refractivity contribution in [1.82, 2.24) is 4.98 Å². The molecule has 0 bridgehead atoms. The first-order chi connectivity index (χ1) is 6.06. The first kappa shape index (κ1) is 10.3. The van der Waals surface area contributed by atoms with Crippen molar-refractivity contribution in [1.29, 1.82) is 0 Å². The van der Waals surface area contributed by atoms with E-state index in [4.69, 9.17) is 11.6 Å². The average Bonchev–Trinajstić information content (AvgIpc) is 2.03. The maximum absolute atomic E-state index is 6.06. The summed E-state index contributed by atoms with van der Waals surface area (Å²) in [5.41, 5.74) is 2.04. The van der Waals surface area contributed by atoms with Crippen LogP contribution in [0.1, 0.15) is 31.0 Å². The topological polar surface area (TPSA) is 24.9 Å².